The van der Waals surface area contributed by atoms with E-state index in [1.807, 2.05) is 18.7 Å². The van der Waals surface area contributed by atoms with E-state index in [9.17, 15) is 9.59 Å². The van der Waals surface area contributed by atoms with Crippen molar-refractivity contribution in [3.63, 3.8) is 0 Å². The van der Waals surface area contributed by atoms with E-state index in [0.717, 1.165) is 32.1 Å². The van der Waals surface area contributed by atoms with Gasteiger partial charge in [-0.1, -0.05) is 19.3 Å². The molecule has 0 radical (unpaired) electrons. The number of carbonyl (C=O) groups excluding carboxylic acids is 2. The van der Waals surface area contributed by atoms with E-state index in [2.05, 4.69) is 10.6 Å². The van der Waals surface area contributed by atoms with E-state index in [4.69, 9.17) is 4.74 Å². The van der Waals surface area contributed by atoms with Crippen LogP contribution in [0.4, 0.5) is 0 Å². The van der Waals surface area contributed by atoms with Crippen molar-refractivity contribution in [1.82, 2.24) is 15.5 Å². The van der Waals surface area contributed by atoms with Crippen molar-refractivity contribution in [3.05, 3.63) is 0 Å². The highest BCUT2D eigenvalue weighted by Crippen LogP contribution is 2.29. The number of nitrogens with zero attached hydrogens (tertiary/aromatic N) is 1. The van der Waals surface area contributed by atoms with Crippen LogP contribution in [0.15, 0.2) is 0 Å². The first kappa shape index (κ1) is 19.2. The first-order valence-electron chi connectivity index (χ1n) is 9.30. The molecule has 1 heterocycles. The third-order valence-electron chi connectivity index (χ3n) is 5.78. The number of methoxy groups -OCH3 is 1. The highest BCUT2D eigenvalue weighted by Gasteiger charge is 2.40. The van der Waals surface area contributed by atoms with Crippen LogP contribution in [-0.2, 0) is 14.3 Å². The first-order chi connectivity index (χ1) is 11.5. The molecular formula is C18H33N3O3. The zero-order valence-electron chi connectivity index (χ0n) is 15.5. The molecule has 2 N–H and O–H groups in total. The number of nitrogens with one attached hydrogen (secondary N) is 2. The number of likely N-dealkylation sites (N-methyl/N-ethyl adjacent to an activating group) is 1. The molecule has 1 saturated heterocycles. The van der Waals surface area contributed by atoms with Gasteiger partial charge in [-0.25, -0.2) is 0 Å². The van der Waals surface area contributed by atoms with Gasteiger partial charge in [0.1, 0.15) is 6.04 Å². The van der Waals surface area contributed by atoms with Crippen LogP contribution in [0.5, 0.6) is 0 Å². The highest BCUT2D eigenvalue weighted by molar-refractivity contribution is 5.90. The van der Waals surface area contributed by atoms with Crippen LogP contribution in [0.3, 0.4) is 0 Å². The van der Waals surface area contributed by atoms with E-state index in [1.54, 1.807) is 14.2 Å². The Morgan fingerprint density at radius 2 is 1.83 bits per heavy atom. The third-order valence-corrected chi connectivity index (χ3v) is 5.78. The molecule has 2 fully saturated rings. The Kier molecular flexibility index (Phi) is 7.04. The number of hydrogen-bond acceptors (Lipinski definition) is 4. The van der Waals surface area contributed by atoms with Gasteiger partial charge in [0.15, 0.2) is 0 Å². The van der Waals surface area contributed by atoms with Gasteiger partial charge in [0, 0.05) is 13.7 Å². The molecule has 1 aliphatic carbocycles. The van der Waals surface area contributed by atoms with Crippen molar-refractivity contribution >= 4 is 11.8 Å². The summed E-state index contributed by atoms with van der Waals surface area (Å²) in [5.41, 5.74) is 0. The van der Waals surface area contributed by atoms with Gasteiger partial charge >= 0.3 is 0 Å². The molecule has 138 valence electrons. The summed E-state index contributed by atoms with van der Waals surface area (Å²) >= 11 is 0. The van der Waals surface area contributed by atoms with E-state index in [0.29, 0.717) is 6.54 Å². The summed E-state index contributed by atoms with van der Waals surface area (Å²) in [6, 6.07) is -0.648. The van der Waals surface area contributed by atoms with Gasteiger partial charge in [-0.3, -0.25) is 9.59 Å². The van der Waals surface area contributed by atoms with E-state index < -0.39 is 6.04 Å². The van der Waals surface area contributed by atoms with Crippen LogP contribution < -0.4 is 10.6 Å². The van der Waals surface area contributed by atoms with Crippen molar-refractivity contribution < 1.29 is 14.3 Å². The quantitative estimate of drug-likeness (QED) is 0.765. The number of amides is 2. The Bertz CT molecular complexity index is 437. The van der Waals surface area contributed by atoms with E-state index >= 15 is 0 Å². The lowest BCUT2D eigenvalue weighted by Gasteiger charge is -2.35. The third kappa shape index (κ3) is 4.28. The van der Waals surface area contributed by atoms with Gasteiger partial charge < -0.3 is 20.3 Å². The number of hydrogen-bond donors (Lipinski definition) is 2. The number of ether oxygens (including phenoxy) is 1. The number of rotatable bonds is 6. The van der Waals surface area contributed by atoms with Gasteiger partial charge in [0.25, 0.3) is 0 Å². The lowest BCUT2D eigenvalue weighted by Crippen LogP contribution is -2.56. The molecule has 0 aromatic heterocycles. The monoisotopic (exact) mass is 339 g/mol. The SMILES string of the molecule is CN[C@@H](C)C(=O)N[C@H](C(=O)N1CC[C@H](OC)[C@H]1C)C1CCCCC1. The Labute approximate surface area is 145 Å². The fraction of sp³-hybridized carbons (Fsp3) is 0.889. The Morgan fingerprint density at radius 1 is 1.17 bits per heavy atom. The van der Waals surface area contributed by atoms with Crippen molar-refractivity contribution in [3.8, 4) is 0 Å². The van der Waals surface area contributed by atoms with Crippen molar-refractivity contribution in [2.75, 3.05) is 20.7 Å². The van der Waals surface area contributed by atoms with Gasteiger partial charge in [-0.2, -0.15) is 0 Å². The van der Waals surface area contributed by atoms with Crippen molar-refractivity contribution in [2.45, 2.75) is 76.6 Å². The molecule has 0 spiro atoms. The number of likely N-dealkylation sites (tertiary alicyclic amines) is 1. The van der Waals surface area contributed by atoms with Crippen molar-refractivity contribution in [1.29, 1.82) is 0 Å². The van der Waals surface area contributed by atoms with E-state index in [1.165, 1.54) is 6.42 Å². The average molecular weight is 339 g/mol. The fourth-order valence-corrected chi connectivity index (χ4v) is 3.97. The summed E-state index contributed by atoms with van der Waals surface area (Å²) in [4.78, 5) is 27.5. The molecule has 24 heavy (non-hydrogen) atoms. The minimum absolute atomic E-state index is 0.0607. The van der Waals surface area contributed by atoms with Gasteiger partial charge in [0.2, 0.25) is 11.8 Å². The molecule has 2 amide bonds. The first-order valence-corrected chi connectivity index (χ1v) is 9.30. The van der Waals surface area contributed by atoms with Crippen LogP contribution >= 0.6 is 0 Å². The maximum atomic E-state index is 13.2. The van der Waals surface area contributed by atoms with Crippen LogP contribution in [0, 0.1) is 5.92 Å². The molecular weight excluding hydrogens is 306 g/mol. The van der Waals surface area contributed by atoms with Gasteiger partial charge in [0.05, 0.1) is 18.2 Å². The molecule has 6 nitrogen and oxygen atoms in total. The Morgan fingerprint density at radius 3 is 2.38 bits per heavy atom. The highest BCUT2D eigenvalue weighted by atomic mass is 16.5. The van der Waals surface area contributed by atoms with E-state index in [-0.39, 0.29) is 35.9 Å². The molecule has 1 aliphatic heterocycles. The second kappa shape index (κ2) is 8.81. The maximum Gasteiger partial charge on any atom is 0.245 e. The fourth-order valence-electron chi connectivity index (χ4n) is 3.97. The summed E-state index contributed by atoms with van der Waals surface area (Å²) in [6.45, 7) is 4.56. The van der Waals surface area contributed by atoms with Crippen LogP contribution in [-0.4, -0.2) is 61.6 Å². The summed E-state index contributed by atoms with van der Waals surface area (Å²) in [7, 11) is 3.46. The normalized spacial score (nSPS) is 27.8. The second-order valence-corrected chi connectivity index (χ2v) is 7.23. The molecule has 0 unspecified atom stereocenters. The lowest BCUT2D eigenvalue weighted by molar-refractivity contribution is -0.140. The Hall–Kier alpha value is -1.14. The van der Waals surface area contributed by atoms with Crippen LogP contribution in [0.1, 0.15) is 52.4 Å². The molecule has 6 heteroatoms. The molecule has 4 atom stereocenters. The lowest BCUT2D eigenvalue weighted by atomic mass is 9.83. The van der Waals surface area contributed by atoms with Crippen LogP contribution in [0.2, 0.25) is 0 Å². The van der Waals surface area contributed by atoms with Crippen molar-refractivity contribution in [2.24, 2.45) is 5.92 Å². The smallest absolute Gasteiger partial charge is 0.245 e. The largest absolute Gasteiger partial charge is 0.379 e. The Balaban J connectivity index is 2.12. The van der Waals surface area contributed by atoms with Gasteiger partial charge in [-0.05, 0) is 46.1 Å². The topological polar surface area (TPSA) is 70.7 Å². The average Bonchev–Trinajstić information content (AvgIpc) is 2.99. The summed E-state index contributed by atoms with van der Waals surface area (Å²) in [5, 5.41) is 5.98. The number of carbonyl (C=O) groups is 2. The maximum absolute atomic E-state index is 13.2. The minimum atomic E-state index is -0.411. The molecule has 1 saturated carbocycles. The molecule has 0 bridgehead atoms. The predicted octanol–water partition coefficient (Wildman–Crippen LogP) is 1.30. The minimum Gasteiger partial charge on any atom is -0.379 e. The van der Waals surface area contributed by atoms with Gasteiger partial charge in [-0.15, -0.1) is 0 Å². The predicted molar refractivity (Wildman–Crippen MR) is 93.6 cm³/mol. The standard InChI is InChI=1S/C18H33N3O3/c1-12(19-3)17(22)20-16(14-8-6-5-7-9-14)18(23)21-11-10-15(24-4)13(21)2/h12-16,19H,5-11H2,1-4H3,(H,20,22)/t12-,13+,15-,16-/m0/s1. The summed E-state index contributed by atoms with van der Waals surface area (Å²) in [5.74, 6) is 0.204. The zero-order chi connectivity index (χ0) is 17.7. The summed E-state index contributed by atoms with van der Waals surface area (Å²) < 4.78 is 5.47. The molecule has 2 rings (SSSR count). The second-order valence-electron chi connectivity index (χ2n) is 7.23. The zero-order valence-corrected chi connectivity index (χ0v) is 15.5. The van der Waals surface area contributed by atoms with Crippen LogP contribution in [0.25, 0.3) is 0 Å². The molecule has 0 aromatic carbocycles. The molecule has 2 aliphatic rings. The molecule has 0 aromatic rings. The summed E-state index contributed by atoms with van der Waals surface area (Å²) in [6.07, 6.45) is 6.49.